The fraction of sp³-hybridized carbons (Fsp3) is 0.364. The van der Waals surface area contributed by atoms with Crippen LogP contribution in [0.3, 0.4) is 0 Å². The van der Waals surface area contributed by atoms with Crippen LogP contribution in [0.2, 0.25) is 0 Å². The average Bonchev–Trinajstić information content (AvgIpc) is 2.47. The predicted molar refractivity (Wildman–Crippen MR) is 57.6 cm³/mol. The molecule has 1 unspecified atom stereocenters. The lowest BCUT2D eigenvalue weighted by Gasteiger charge is -2.06. The summed E-state index contributed by atoms with van der Waals surface area (Å²) in [5.41, 5.74) is 1.18. The van der Waals surface area contributed by atoms with Crippen molar-refractivity contribution in [3.63, 3.8) is 0 Å². The molecule has 0 N–H and O–H groups in total. The van der Waals surface area contributed by atoms with Crippen LogP contribution in [-0.4, -0.2) is 11.9 Å². The number of ketones is 1. The maximum absolute atomic E-state index is 10.9. The van der Waals surface area contributed by atoms with Gasteiger partial charge in [0, 0.05) is 22.9 Å². The second-order valence-corrected chi connectivity index (χ2v) is 4.42. The minimum absolute atomic E-state index is 0.0289. The Labute approximate surface area is 91.4 Å². The maximum Gasteiger partial charge on any atom is 0.133 e. The Bertz CT molecular complexity index is 374. The largest absolute Gasteiger partial charge is 0.489 e. The van der Waals surface area contributed by atoms with E-state index in [2.05, 4.69) is 15.9 Å². The zero-order valence-electron chi connectivity index (χ0n) is 7.92. The van der Waals surface area contributed by atoms with Crippen molar-refractivity contribution in [2.24, 2.45) is 0 Å². The van der Waals surface area contributed by atoms with Crippen LogP contribution in [0, 0.1) is 0 Å². The summed E-state index contributed by atoms with van der Waals surface area (Å²) in [5.74, 6) is 1.09. The van der Waals surface area contributed by atoms with Gasteiger partial charge in [0.15, 0.2) is 0 Å². The molecule has 2 nitrogen and oxygen atoms in total. The first-order chi connectivity index (χ1) is 6.66. The average molecular weight is 255 g/mol. The SMILES string of the molecule is CC(=O)CC1Cc2c(Br)cccc2O1. The molecule has 1 aromatic rings. The van der Waals surface area contributed by atoms with Crippen molar-refractivity contribution in [1.29, 1.82) is 0 Å². The number of hydrogen-bond acceptors (Lipinski definition) is 2. The van der Waals surface area contributed by atoms with Gasteiger partial charge in [0.05, 0.1) is 0 Å². The lowest BCUT2D eigenvalue weighted by Crippen LogP contribution is -2.16. The van der Waals surface area contributed by atoms with Gasteiger partial charge in [-0.05, 0) is 19.1 Å². The lowest BCUT2D eigenvalue weighted by atomic mass is 10.1. The summed E-state index contributed by atoms with van der Waals surface area (Å²) in [4.78, 5) is 10.9. The van der Waals surface area contributed by atoms with Gasteiger partial charge >= 0.3 is 0 Å². The van der Waals surface area contributed by atoms with E-state index < -0.39 is 0 Å². The minimum Gasteiger partial charge on any atom is -0.489 e. The summed E-state index contributed by atoms with van der Waals surface area (Å²) in [7, 11) is 0. The second kappa shape index (κ2) is 3.73. The third kappa shape index (κ3) is 1.82. The normalized spacial score (nSPS) is 18.9. The number of ether oxygens (including phenoxy) is 1. The molecular weight excluding hydrogens is 244 g/mol. The number of halogens is 1. The molecular formula is C11H11BrO2. The van der Waals surface area contributed by atoms with E-state index in [0.29, 0.717) is 6.42 Å². The molecule has 0 aromatic heterocycles. The Hall–Kier alpha value is -0.830. The Morgan fingerprint density at radius 1 is 1.64 bits per heavy atom. The number of carbonyl (C=O) groups is 1. The van der Waals surface area contributed by atoms with Crippen LogP contribution in [0.15, 0.2) is 22.7 Å². The van der Waals surface area contributed by atoms with E-state index in [1.54, 1.807) is 6.92 Å². The smallest absolute Gasteiger partial charge is 0.133 e. The van der Waals surface area contributed by atoms with Gasteiger partial charge in [-0.1, -0.05) is 22.0 Å². The summed E-state index contributed by atoms with van der Waals surface area (Å²) in [6, 6.07) is 5.89. The quantitative estimate of drug-likeness (QED) is 0.812. The van der Waals surface area contributed by atoms with E-state index in [9.17, 15) is 4.79 Å². The molecule has 0 aliphatic carbocycles. The topological polar surface area (TPSA) is 26.3 Å². The van der Waals surface area contributed by atoms with Gasteiger partial charge in [-0.2, -0.15) is 0 Å². The van der Waals surface area contributed by atoms with Gasteiger partial charge in [-0.25, -0.2) is 0 Å². The standard InChI is InChI=1S/C11H11BrO2/c1-7(13)5-8-6-9-10(12)3-2-4-11(9)14-8/h2-4,8H,5-6H2,1H3. The molecule has 1 aliphatic heterocycles. The van der Waals surface area contributed by atoms with E-state index in [1.165, 1.54) is 5.56 Å². The van der Waals surface area contributed by atoms with Crippen LogP contribution < -0.4 is 4.74 Å². The molecule has 0 amide bonds. The van der Waals surface area contributed by atoms with Gasteiger partial charge in [0.2, 0.25) is 0 Å². The molecule has 0 saturated heterocycles. The first-order valence-corrected chi connectivity index (χ1v) is 5.39. The maximum atomic E-state index is 10.9. The molecule has 1 heterocycles. The number of carbonyl (C=O) groups excluding carboxylic acids is 1. The highest BCUT2D eigenvalue weighted by atomic mass is 79.9. The molecule has 0 radical (unpaired) electrons. The molecule has 1 atom stereocenters. The molecule has 14 heavy (non-hydrogen) atoms. The van der Waals surface area contributed by atoms with Crippen molar-refractivity contribution in [2.75, 3.05) is 0 Å². The lowest BCUT2D eigenvalue weighted by molar-refractivity contribution is -0.118. The van der Waals surface area contributed by atoms with Crippen LogP contribution >= 0.6 is 15.9 Å². The van der Waals surface area contributed by atoms with Crippen molar-refractivity contribution in [3.8, 4) is 5.75 Å². The molecule has 2 rings (SSSR count). The molecule has 0 spiro atoms. The Morgan fingerprint density at radius 2 is 2.43 bits per heavy atom. The second-order valence-electron chi connectivity index (χ2n) is 3.57. The summed E-state index contributed by atoms with van der Waals surface area (Å²) < 4.78 is 6.72. The first kappa shape index (κ1) is 9.71. The fourth-order valence-electron chi connectivity index (χ4n) is 1.73. The summed E-state index contributed by atoms with van der Waals surface area (Å²) in [5, 5.41) is 0. The van der Waals surface area contributed by atoms with Crippen LogP contribution in [-0.2, 0) is 11.2 Å². The monoisotopic (exact) mass is 254 g/mol. The number of rotatable bonds is 2. The highest BCUT2D eigenvalue weighted by Crippen LogP contribution is 2.35. The Kier molecular flexibility index (Phi) is 2.59. The van der Waals surface area contributed by atoms with Crippen molar-refractivity contribution >= 4 is 21.7 Å². The van der Waals surface area contributed by atoms with E-state index in [0.717, 1.165) is 16.6 Å². The van der Waals surface area contributed by atoms with Crippen LogP contribution in [0.5, 0.6) is 5.75 Å². The third-order valence-corrected chi connectivity index (χ3v) is 3.06. The molecule has 1 aliphatic rings. The van der Waals surface area contributed by atoms with Crippen molar-refractivity contribution in [2.45, 2.75) is 25.9 Å². The summed E-state index contributed by atoms with van der Waals surface area (Å²) >= 11 is 3.48. The Balaban J connectivity index is 2.18. The van der Waals surface area contributed by atoms with Crippen LogP contribution in [0.25, 0.3) is 0 Å². The summed E-state index contributed by atoms with van der Waals surface area (Å²) in [6.45, 7) is 1.60. The molecule has 0 saturated carbocycles. The van der Waals surface area contributed by atoms with Crippen LogP contribution in [0.1, 0.15) is 18.9 Å². The van der Waals surface area contributed by atoms with Gasteiger partial charge in [-0.15, -0.1) is 0 Å². The zero-order valence-corrected chi connectivity index (χ0v) is 9.50. The number of hydrogen-bond donors (Lipinski definition) is 0. The van der Waals surface area contributed by atoms with Gasteiger partial charge in [0.25, 0.3) is 0 Å². The highest BCUT2D eigenvalue weighted by Gasteiger charge is 2.25. The highest BCUT2D eigenvalue weighted by molar-refractivity contribution is 9.10. The van der Waals surface area contributed by atoms with Crippen molar-refractivity contribution in [1.82, 2.24) is 0 Å². The molecule has 0 fully saturated rings. The van der Waals surface area contributed by atoms with E-state index >= 15 is 0 Å². The molecule has 0 bridgehead atoms. The molecule has 74 valence electrons. The van der Waals surface area contributed by atoms with E-state index in [4.69, 9.17) is 4.74 Å². The molecule has 1 aromatic carbocycles. The number of Topliss-reactive ketones (excluding diaryl/α,β-unsaturated/α-hetero) is 1. The van der Waals surface area contributed by atoms with Crippen LogP contribution in [0.4, 0.5) is 0 Å². The molecule has 3 heteroatoms. The zero-order chi connectivity index (χ0) is 10.1. The third-order valence-electron chi connectivity index (χ3n) is 2.32. The summed E-state index contributed by atoms with van der Waals surface area (Å²) in [6.07, 6.45) is 1.36. The Morgan fingerprint density at radius 3 is 3.07 bits per heavy atom. The minimum atomic E-state index is 0.0289. The van der Waals surface area contributed by atoms with E-state index in [1.807, 2.05) is 18.2 Å². The van der Waals surface area contributed by atoms with Gasteiger partial charge in [-0.3, -0.25) is 4.79 Å². The number of fused-ring (bicyclic) bond motifs is 1. The van der Waals surface area contributed by atoms with Crippen molar-refractivity contribution in [3.05, 3.63) is 28.2 Å². The predicted octanol–water partition coefficient (Wildman–Crippen LogP) is 2.73. The fourth-order valence-corrected chi connectivity index (χ4v) is 2.24. The number of benzene rings is 1. The van der Waals surface area contributed by atoms with Gasteiger partial charge < -0.3 is 4.74 Å². The van der Waals surface area contributed by atoms with E-state index in [-0.39, 0.29) is 11.9 Å². The van der Waals surface area contributed by atoms with Crippen molar-refractivity contribution < 1.29 is 9.53 Å². The van der Waals surface area contributed by atoms with Gasteiger partial charge in [0.1, 0.15) is 17.6 Å². The first-order valence-electron chi connectivity index (χ1n) is 4.60.